The minimum Gasteiger partial charge on any atom is -0.335 e. The molecule has 0 bridgehead atoms. The summed E-state index contributed by atoms with van der Waals surface area (Å²) in [7, 11) is 0. The lowest BCUT2D eigenvalue weighted by Crippen LogP contribution is -2.48. The molecule has 6 heteroatoms. The number of hydrogen-bond donors (Lipinski definition) is 0. The standard InChI is InChI=1S/C18H23FN4O/c1-3-23-17(12-14(2)20-23)18(24)22-10-8-21(9-11-22)13-15-6-4-5-7-16(15)19/h4-7,12H,3,8-11,13H2,1-2H3. The van der Waals surface area contributed by atoms with Gasteiger partial charge in [0.25, 0.3) is 5.91 Å². The minimum atomic E-state index is -0.168. The maximum Gasteiger partial charge on any atom is 0.272 e. The number of hydrogen-bond acceptors (Lipinski definition) is 3. The van der Waals surface area contributed by atoms with Crippen molar-refractivity contribution in [1.29, 1.82) is 0 Å². The van der Waals surface area contributed by atoms with Gasteiger partial charge < -0.3 is 4.90 Å². The fourth-order valence-electron chi connectivity index (χ4n) is 3.10. The Hall–Kier alpha value is -2.21. The first-order chi connectivity index (χ1) is 11.6. The van der Waals surface area contributed by atoms with Gasteiger partial charge in [-0.25, -0.2) is 4.39 Å². The summed E-state index contributed by atoms with van der Waals surface area (Å²) in [5.41, 5.74) is 2.22. The van der Waals surface area contributed by atoms with E-state index in [4.69, 9.17) is 0 Å². The van der Waals surface area contributed by atoms with E-state index in [9.17, 15) is 9.18 Å². The van der Waals surface area contributed by atoms with Crippen molar-refractivity contribution in [2.75, 3.05) is 26.2 Å². The summed E-state index contributed by atoms with van der Waals surface area (Å²) >= 11 is 0. The van der Waals surface area contributed by atoms with Gasteiger partial charge in [0.1, 0.15) is 11.5 Å². The van der Waals surface area contributed by atoms with Crippen molar-refractivity contribution in [1.82, 2.24) is 19.6 Å². The zero-order valence-corrected chi connectivity index (χ0v) is 14.2. The summed E-state index contributed by atoms with van der Waals surface area (Å²) in [6.07, 6.45) is 0. The van der Waals surface area contributed by atoms with Crippen LogP contribution < -0.4 is 0 Å². The number of carbonyl (C=O) groups is 1. The smallest absolute Gasteiger partial charge is 0.272 e. The summed E-state index contributed by atoms with van der Waals surface area (Å²) in [6, 6.07) is 8.71. The Morgan fingerprint density at radius 1 is 1.21 bits per heavy atom. The molecule has 2 aromatic rings. The molecule has 1 saturated heterocycles. The normalized spacial score (nSPS) is 15.7. The van der Waals surface area contributed by atoms with Gasteiger partial charge in [-0.15, -0.1) is 0 Å². The number of piperazine rings is 1. The summed E-state index contributed by atoms with van der Waals surface area (Å²) in [5.74, 6) is -0.138. The third-order valence-corrected chi connectivity index (χ3v) is 4.43. The Morgan fingerprint density at radius 3 is 2.58 bits per heavy atom. The van der Waals surface area contributed by atoms with Crippen LogP contribution in [0.2, 0.25) is 0 Å². The van der Waals surface area contributed by atoms with Crippen LogP contribution in [0.15, 0.2) is 30.3 Å². The Labute approximate surface area is 141 Å². The largest absolute Gasteiger partial charge is 0.335 e. The Morgan fingerprint density at radius 2 is 1.92 bits per heavy atom. The van der Waals surface area contributed by atoms with E-state index < -0.39 is 0 Å². The highest BCUT2D eigenvalue weighted by Gasteiger charge is 2.25. The fraction of sp³-hybridized carbons (Fsp3) is 0.444. The van der Waals surface area contributed by atoms with E-state index in [0.29, 0.717) is 37.4 Å². The van der Waals surface area contributed by atoms with Crippen LogP contribution >= 0.6 is 0 Å². The predicted molar refractivity (Wildman–Crippen MR) is 90.2 cm³/mol. The molecular weight excluding hydrogens is 307 g/mol. The predicted octanol–water partition coefficient (Wildman–Crippen LogP) is 2.31. The molecule has 5 nitrogen and oxygen atoms in total. The molecule has 1 amide bonds. The molecule has 0 spiro atoms. The molecule has 0 aliphatic carbocycles. The topological polar surface area (TPSA) is 41.4 Å². The van der Waals surface area contributed by atoms with Crippen LogP contribution in [0.1, 0.15) is 28.7 Å². The maximum absolute atomic E-state index is 13.8. The molecule has 1 aliphatic rings. The van der Waals surface area contributed by atoms with Crippen molar-refractivity contribution in [3.05, 3.63) is 53.1 Å². The lowest BCUT2D eigenvalue weighted by molar-refractivity contribution is 0.0615. The van der Waals surface area contributed by atoms with Crippen LogP contribution in [-0.2, 0) is 13.1 Å². The molecule has 1 aromatic carbocycles. The first-order valence-corrected chi connectivity index (χ1v) is 8.38. The van der Waals surface area contributed by atoms with Crippen LogP contribution in [-0.4, -0.2) is 51.7 Å². The van der Waals surface area contributed by atoms with Gasteiger partial charge >= 0.3 is 0 Å². The first-order valence-electron chi connectivity index (χ1n) is 8.38. The molecule has 128 valence electrons. The number of halogens is 1. The molecule has 1 fully saturated rings. The van der Waals surface area contributed by atoms with Crippen LogP contribution in [0.5, 0.6) is 0 Å². The van der Waals surface area contributed by atoms with Crippen LogP contribution in [0, 0.1) is 12.7 Å². The number of aryl methyl sites for hydroxylation is 2. The SMILES string of the molecule is CCn1nc(C)cc1C(=O)N1CCN(Cc2ccccc2F)CC1. The number of rotatable bonds is 4. The Bertz CT molecular complexity index is 720. The molecule has 1 aliphatic heterocycles. The summed E-state index contributed by atoms with van der Waals surface area (Å²) in [4.78, 5) is 16.7. The summed E-state index contributed by atoms with van der Waals surface area (Å²) in [6.45, 7) is 7.95. The van der Waals surface area contributed by atoms with Gasteiger partial charge in [0.15, 0.2) is 0 Å². The first kappa shape index (κ1) is 16.6. The second-order valence-corrected chi connectivity index (χ2v) is 6.15. The number of carbonyl (C=O) groups excluding carboxylic acids is 1. The second-order valence-electron chi connectivity index (χ2n) is 6.15. The van der Waals surface area contributed by atoms with Gasteiger partial charge in [-0.3, -0.25) is 14.4 Å². The van der Waals surface area contributed by atoms with Gasteiger partial charge in [-0.2, -0.15) is 5.10 Å². The fourth-order valence-corrected chi connectivity index (χ4v) is 3.10. The van der Waals surface area contributed by atoms with Crippen molar-refractivity contribution in [3.8, 4) is 0 Å². The van der Waals surface area contributed by atoms with E-state index in [2.05, 4.69) is 10.00 Å². The maximum atomic E-state index is 13.8. The van der Waals surface area contributed by atoms with E-state index in [1.165, 1.54) is 6.07 Å². The molecule has 0 unspecified atom stereocenters. The third kappa shape index (κ3) is 3.48. The van der Waals surface area contributed by atoms with E-state index in [0.717, 1.165) is 18.8 Å². The lowest BCUT2D eigenvalue weighted by atomic mass is 10.2. The second kappa shape index (κ2) is 7.13. The van der Waals surface area contributed by atoms with Gasteiger partial charge in [0, 0.05) is 44.8 Å². The molecule has 0 atom stereocenters. The lowest BCUT2D eigenvalue weighted by Gasteiger charge is -2.34. The number of nitrogens with zero attached hydrogens (tertiary/aromatic N) is 4. The van der Waals surface area contributed by atoms with Gasteiger partial charge in [0.05, 0.1) is 5.69 Å². The molecule has 3 rings (SSSR count). The summed E-state index contributed by atoms with van der Waals surface area (Å²) < 4.78 is 15.5. The van der Waals surface area contributed by atoms with E-state index >= 15 is 0 Å². The van der Waals surface area contributed by atoms with E-state index in [-0.39, 0.29) is 11.7 Å². The molecule has 0 N–H and O–H groups in total. The Balaban J connectivity index is 1.60. The van der Waals surface area contributed by atoms with Crippen molar-refractivity contribution < 1.29 is 9.18 Å². The highest BCUT2D eigenvalue weighted by Crippen LogP contribution is 2.14. The quantitative estimate of drug-likeness (QED) is 0.864. The average Bonchev–Trinajstić information content (AvgIpc) is 2.98. The van der Waals surface area contributed by atoms with Crippen molar-refractivity contribution in [3.63, 3.8) is 0 Å². The molecule has 0 saturated carbocycles. The van der Waals surface area contributed by atoms with Crippen molar-refractivity contribution in [2.45, 2.75) is 26.9 Å². The molecule has 2 heterocycles. The third-order valence-electron chi connectivity index (χ3n) is 4.43. The molecule has 1 aromatic heterocycles. The zero-order chi connectivity index (χ0) is 17.1. The van der Waals surface area contributed by atoms with Crippen molar-refractivity contribution >= 4 is 5.91 Å². The van der Waals surface area contributed by atoms with Crippen molar-refractivity contribution in [2.24, 2.45) is 0 Å². The van der Waals surface area contributed by atoms with E-state index in [1.807, 2.05) is 36.9 Å². The zero-order valence-electron chi connectivity index (χ0n) is 14.2. The molecule has 24 heavy (non-hydrogen) atoms. The van der Waals surface area contributed by atoms with Gasteiger partial charge in [-0.05, 0) is 26.0 Å². The number of amides is 1. The average molecular weight is 330 g/mol. The highest BCUT2D eigenvalue weighted by molar-refractivity contribution is 5.92. The summed E-state index contributed by atoms with van der Waals surface area (Å²) in [5, 5.41) is 4.34. The number of aromatic nitrogens is 2. The van der Waals surface area contributed by atoms with E-state index in [1.54, 1.807) is 10.7 Å². The van der Waals surface area contributed by atoms with Gasteiger partial charge in [0.2, 0.25) is 0 Å². The molecule has 0 radical (unpaired) electrons. The van der Waals surface area contributed by atoms with Crippen LogP contribution in [0.3, 0.4) is 0 Å². The number of benzene rings is 1. The molecular formula is C18H23FN4O. The van der Waals surface area contributed by atoms with Crippen LogP contribution in [0.25, 0.3) is 0 Å². The van der Waals surface area contributed by atoms with Crippen LogP contribution in [0.4, 0.5) is 4.39 Å². The highest BCUT2D eigenvalue weighted by atomic mass is 19.1. The minimum absolute atomic E-state index is 0.0305. The monoisotopic (exact) mass is 330 g/mol. The van der Waals surface area contributed by atoms with Gasteiger partial charge in [-0.1, -0.05) is 18.2 Å². The Kier molecular flexibility index (Phi) is 4.94.